The van der Waals surface area contributed by atoms with Crippen LogP contribution in [0.4, 0.5) is 10.5 Å². The number of rotatable bonds is 4. The minimum absolute atomic E-state index is 0.105. The number of fused-ring (bicyclic) bond motifs is 1. The lowest BCUT2D eigenvalue weighted by Gasteiger charge is -2.33. The van der Waals surface area contributed by atoms with E-state index in [1.165, 1.54) is 0 Å². The van der Waals surface area contributed by atoms with Gasteiger partial charge in [0.25, 0.3) is 0 Å². The first kappa shape index (κ1) is 15.3. The number of amides is 2. The van der Waals surface area contributed by atoms with Crippen molar-refractivity contribution in [2.75, 3.05) is 25.2 Å². The second-order valence-electron chi connectivity index (χ2n) is 5.20. The summed E-state index contributed by atoms with van der Waals surface area (Å²) in [7, 11) is 1.58. The number of ether oxygens (including phenoxy) is 1. The molecule has 1 aliphatic heterocycles. The lowest BCUT2D eigenvalue weighted by molar-refractivity contribution is -0.139. The molecule has 0 aliphatic carbocycles. The van der Waals surface area contributed by atoms with Crippen LogP contribution in [0.5, 0.6) is 0 Å². The summed E-state index contributed by atoms with van der Waals surface area (Å²) in [4.78, 5) is 25.3. The third-order valence-corrected chi connectivity index (χ3v) is 3.57. The quantitative estimate of drug-likeness (QED) is 0.887. The molecule has 2 rings (SSSR count). The van der Waals surface area contributed by atoms with Gasteiger partial charge in [-0.2, -0.15) is 0 Å². The highest BCUT2D eigenvalue weighted by Crippen LogP contribution is 2.35. The van der Waals surface area contributed by atoms with E-state index < -0.39 is 11.9 Å². The van der Waals surface area contributed by atoms with Gasteiger partial charge in [0.2, 0.25) is 0 Å². The van der Waals surface area contributed by atoms with E-state index in [4.69, 9.17) is 4.74 Å². The Morgan fingerprint density at radius 3 is 2.86 bits per heavy atom. The molecule has 2 unspecified atom stereocenters. The van der Waals surface area contributed by atoms with Crippen LogP contribution in [0.15, 0.2) is 24.3 Å². The second-order valence-corrected chi connectivity index (χ2v) is 5.20. The fraction of sp³-hybridized carbons (Fsp3) is 0.467. The monoisotopic (exact) mass is 292 g/mol. The summed E-state index contributed by atoms with van der Waals surface area (Å²) >= 11 is 0. The van der Waals surface area contributed by atoms with Crippen LogP contribution in [0.1, 0.15) is 24.8 Å². The number of carbonyl (C=O) groups excluding carboxylic acids is 1. The summed E-state index contributed by atoms with van der Waals surface area (Å²) in [6, 6.07) is 6.82. The summed E-state index contributed by atoms with van der Waals surface area (Å²) in [6.07, 6.45) is 0.415. The van der Waals surface area contributed by atoms with E-state index in [1.54, 1.807) is 30.2 Å². The predicted octanol–water partition coefficient (Wildman–Crippen LogP) is 1.81. The Morgan fingerprint density at radius 1 is 1.48 bits per heavy atom. The molecule has 1 aromatic rings. The molecule has 114 valence electrons. The second kappa shape index (κ2) is 6.58. The molecular weight excluding hydrogens is 272 g/mol. The zero-order valence-corrected chi connectivity index (χ0v) is 12.2. The van der Waals surface area contributed by atoms with Crippen molar-refractivity contribution >= 4 is 17.7 Å². The number of nitrogens with zero attached hydrogens (tertiary/aromatic N) is 1. The van der Waals surface area contributed by atoms with Gasteiger partial charge in [0, 0.05) is 19.3 Å². The number of aliphatic carboxylic acids is 1. The van der Waals surface area contributed by atoms with Gasteiger partial charge in [-0.3, -0.25) is 9.69 Å². The van der Waals surface area contributed by atoms with Gasteiger partial charge < -0.3 is 15.2 Å². The number of urea groups is 1. The van der Waals surface area contributed by atoms with Crippen molar-refractivity contribution in [3.05, 3.63) is 29.8 Å². The number of anilines is 1. The van der Waals surface area contributed by atoms with Crippen molar-refractivity contribution in [1.29, 1.82) is 0 Å². The number of hydrogen-bond acceptors (Lipinski definition) is 3. The molecule has 0 saturated carbocycles. The lowest BCUT2D eigenvalue weighted by Crippen LogP contribution is -2.48. The fourth-order valence-electron chi connectivity index (χ4n) is 2.61. The molecule has 1 aromatic carbocycles. The third-order valence-electron chi connectivity index (χ3n) is 3.57. The third kappa shape index (κ3) is 3.33. The minimum atomic E-state index is -0.852. The Morgan fingerprint density at radius 2 is 2.19 bits per heavy atom. The zero-order chi connectivity index (χ0) is 15.4. The molecule has 6 nitrogen and oxygen atoms in total. The fourth-order valence-corrected chi connectivity index (χ4v) is 2.61. The molecule has 2 atom stereocenters. The van der Waals surface area contributed by atoms with Crippen LogP contribution in [0, 0.1) is 0 Å². The molecule has 1 aliphatic rings. The van der Waals surface area contributed by atoms with Crippen molar-refractivity contribution in [1.82, 2.24) is 5.32 Å². The summed E-state index contributed by atoms with van der Waals surface area (Å²) < 4.78 is 5.00. The number of para-hydroxylation sites is 1. The van der Waals surface area contributed by atoms with E-state index in [9.17, 15) is 14.7 Å². The SMILES string of the molecule is COCC(C)NC(=O)N1CCC(C(=O)O)c2ccccc21. The molecule has 0 saturated heterocycles. The van der Waals surface area contributed by atoms with E-state index >= 15 is 0 Å². The molecule has 0 spiro atoms. The van der Waals surface area contributed by atoms with Crippen LogP contribution < -0.4 is 10.2 Å². The van der Waals surface area contributed by atoms with Crippen molar-refractivity contribution in [3.63, 3.8) is 0 Å². The average molecular weight is 292 g/mol. The first-order valence-electron chi connectivity index (χ1n) is 6.93. The number of benzene rings is 1. The Balaban J connectivity index is 2.21. The number of hydrogen-bond donors (Lipinski definition) is 2. The molecule has 0 fully saturated rings. The van der Waals surface area contributed by atoms with Crippen LogP contribution in [0.3, 0.4) is 0 Å². The maximum atomic E-state index is 12.3. The highest BCUT2D eigenvalue weighted by molar-refractivity contribution is 5.95. The normalized spacial score (nSPS) is 18.8. The highest BCUT2D eigenvalue weighted by Gasteiger charge is 2.32. The van der Waals surface area contributed by atoms with Crippen LogP contribution >= 0.6 is 0 Å². The van der Waals surface area contributed by atoms with Gasteiger partial charge in [0.15, 0.2) is 0 Å². The standard InChI is InChI=1S/C15H20N2O4/c1-10(9-21-2)16-15(20)17-8-7-12(14(18)19)11-5-3-4-6-13(11)17/h3-6,10,12H,7-9H2,1-2H3,(H,16,20)(H,18,19). The van der Waals surface area contributed by atoms with E-state index in [2.05, 4.69) is 5.32 Å². The largest absolute Gasteiger partial charge is 0.481 e. The van der Waals surface area contributed by atoms with Gasteiger partial charge >= 0.3 is 12.0 Å². The Hall–Kier alpha value is -2.08. The first-order valence-corrected chi connectivity index (χ1v) is 6.93. The number of carboxylic acid groups (broad SMARTS) is 1. The van der Waals surface area contributed by atoms with Crippen molar-refractivity contribution in [2.24, 2.45) is 0 Å². The molecule has 0 radical (unpaired) electrons. The summed E-state index contributed by atoms with van der Waals surface area (Å²) in [6.45, 7) is 2.68. The van der Waals surface area contributed by atoms with E-state index in [1.807, 2.05) is 13.0 Å². The Kier molecular flexibility index (Phi) is 4.80. The Bertz CT molecular complexity index is 532. The number of methoxy groups -OCH3 is 1. The first-order chi connectivity index (χ1) is 10.0. The lowest BCUT2D eigenvalue weighted by atomic mass is 9.90. The molecule has 2 amide bonds. The molecule has 1 heterocycles. The van der Waals surface area contributed by atoms with Gasteiger partial charge in [-0.25, -0.2) is 4.79 Å². The molecular formula is C15H20N2O4. The van der Waals surface area contributed by atoms with Gasteiger partial charge in [0.05, 0.1) is 18.6 Å². The van der Waals surface area contributed by atoms with Crippen LogP contribution in [0.25, 0.3) is 0 Å². The minimum Gasteiger partial charge on any atom is -0.481 e. The smallest absolute Gasteiger partial charge is 0.322 e. The van der Waals surface area contributed by atoms with Gasteiger partial charge in [-0.15, -0.1) is 0 Å². The van der Waals surface area contributed by atoms with E-state index in [0.29, 0.717) is 30.8 Å². The number of carbonyl (C=O) groups is 2. The zero-order valence-electron chi connectivity index (χ0n) is 12.2. The van der Waals surface area contributed by atoms with Gasteiger partial charge in [-0.1, -0.05) is 18.2 Å². The molecule has 0 aromatic heterocycles. The maximum absolute atomic E-state index is 12.3. The highest BCUT2D eigenvalue weighted by atomic mass is 16.5. The van der Waals surface area contributed by atoms with Crippen molar-refractivity contribution in [2.45, 2.75) is 25.3 Å². The maximum Gasteiger partial charge on any atom is 0.322 e. The number of carboxylic acids is 1. The van der Waals surface area contributed by atoms with Crippen LogP contribution in [-0.2, 0) is 9.53 Å². The topological polar surface area (TPSA) is 78.9 Å². The Labute approximate surface area is 123 Å². The summed E-state index contributed by atoms with van der Waals surface area (Å²) in [5, 5.41) is 12.1. The molecule has 21 heavy (non-hydrogen) atoms. The summed E-state index contributed by atoms with van der Waals surface area (Å²) in [5.41, 5.74) is 1.35. The van der Waals surface area contributed by atoms with Gasteiger partial charge in [-0.05, 0) is 25.0 Å². The predicted molar refractivity (Wildman–Crippen MR) is 78.7 cm³/mol. The van der Waals surface area contributed by atoms with Crippen molar-refractivity contribution < 1.29 is 19.4 Å². The number of nitrogens with one attached hydrogen (secondary N) is 1. The summed E-state index contributed by atoms with van der Waals surface area (Å²) in [5.74, 6) is -1.41. The van der Waals surface area contributed by atoms with Gasteiger partial charge in [0.1, 0.15) is 0 Å². The van der Waals surface area contributed by atoms with E-state index in [0.717, 1.165) is 0 Å². The average Bonchev–Trinajstić information content (AvgIpc) is 2.45. The van der Waals surface area contributed by atoms with Crippen LogP contribution in [-0.4, -0.2) is 43.4 Å². The molecule has 2 N–H and O–H groups in total. The molecule has 0 bridgehead atoms. The molecule has 6 heteroatoms. The van der Waals surface area contributed by atoms with Crippen molar-refractivity contribution in [3.8, 4) is 0 Å². The van der Waals surface area contributed by atoms with Crippen LogP contribution in [0.2, 0.25) is 0 Å². The van der Waals surface area contributed by atoms with E-state index in [-0.39, 0.29) is 12.1 Å².